The smallest absolute Gasteiger partial charge is 0.293 e. The number of ether oxygens (including phenoxy) is 1. The van der Waals surface area contributed by atoms with Crippen LogP contribution in [0.5, 0.6) is 5.75 Å². The lowest BCUT2D eigenvalue weighted by molar-refractivity contribution is 0.339. The van der Waals surface area contributed by atoms with E-state index in [0.29, 0.717) is 29.3 Å². The fraction of sp³-hybridized carbons (Fsp3) is 0.118. The molecule has 2 aromatic carbocycles. The van der Waals surface area contributed by atoms with Crippen molar-refractivity contribution < 1.29 is 9.15 Å². The number of anilines is 2. The molecule has 4 aromatic rings. The van der Waals surface area contributed by atoms with Crippen molar-refractivity contribution in [3.05, 3.63) is 33.8 Å². The Kier molecular flexibility index (Phi) is 3.17. The maximum Gasteiger partial charge on any atom is 0.293 e. The first kappa shape index (κ1) is 14.9. The van der Waals surface area contributed by atoms with E-state index in [4.69, 9.17) is 26.5 Å². The summed E-state index contributed by atoms with van der Waals surface area (Å²) in [5.41, 5.74) is 10.5. The molecule has 0 atom stereocenters. The molecule has 5 rings (SSSR count). The van der Waals surface area contributed by atoms with Crippen LogP contribution in [0.3, 0.4) is 0 Å². The maximum absolute atomic E-state index is 6.37. The summed E-state index contributed by atoms with van der Waals surface area (Å²) in [6.45, 7) is 1.30. The number of benzene rings is 2. The summed E-state index contributed by atoms with van der Waals surface area (Å²) < 4.78 is 12.2. The molecule has 126 valence electrons. The molecule has 4 N–H and O–H groups in total. The van der Waals surface area contributed by atoms with E-state index >= 15 is 0 Å². The molecule has 0 unspecified atom stereocenters. The van der Waals surface area contributed by atoms with Crippen LogP contribution in [0.15, 0.2) is 33.2 Å². The standard InChI is InChI=1S/C17H12BrClN4O2/c18-8-5-10-13-12(6-8)24-2-1-21-15(13)14(22-10)7-3-9(19)16-11(4-7)23-17(20)25-16/h3-6,21-22H,1-2H2,(H2,20,23). The number of nitrogens with one attached hydrogen (secondary N) is 2. The number of halogens is 2. The first-order chi connectivity index (χ1) is 12.1. The van der Waals surface area contributed by atoms with Gasteiger partial charge in [0.05, 0.1) is 27.3 Å². The van der Waals surface area contributed by atoms with Gasteiger partial charge in [-0.15, -0.1) is 0 Å². The van der Waals surface area contributed by atoms with Crippen LogP contribution in [0.25, 0.3) is 33.3 Å². The van der Waals surface area contributed by atoms with E-state index in [9.17, 15) is 0 Å². The van der Waals surface area contributed by atoms with Gasteiger partial charge in [0, 0.05) is 16.6 Å². The van der Waals surface area contributed by atoms with Gasteiger partial charge in [-0.1, -0.05) is 27.5 Å². The number of rotatable bonds is 1. The highest BCUT2D eigenvalue weighted by Gasteiger charge is 2.21. The van der Waals surface area contributed by atoms with Crippen LogP contribution in [-0.2, 0) is 0 Å². The number of hydrogen-bond acceptors (Lipinski definition) is 5. The molecule has 0 amide bonds. The zero-order chi connectivity index (χ0) is 17.1. The zero-order valence-electron chi connectivity index (χ0n) is 12.8. The van der Waals surface area contributed by atoms with E-state index in [0.717, 1.165) is 38.1 Å². The number of nitrogen functional groups attached to an aromatic ring is 1. The van der Waals surface area contributed by atoms with Crippen LogP contribution in [0.2, 0.25) is 5.02 Å². The second kappa shape index (κ2) is 5.31. The van der Waals surface area contributed by atoms with Crippen LogP contribution in [-0.4, -0.2) is 23.1 Å². The highest BCUT2D eigenvalue weighted by molar-refractivity contribution is 9.10. The lowest BCUT2D eigenvalue weighted by atomic mass is 10.1. The summed E-state index contributed by atoms with van der Waals surface area (Å²) >= 11 is 9.90. The highest BCUT2D eigenvalue weighted by Crippen LogP contribution is 2.44. The van der Waals surface area contributed by atoms with Crippen LogP contribution < -0.4 is 15.8 Å². The summed E-state index contributed by atoms with van der Waals surface area (Å²) in [5.74, 6) is 0.838. The first-order valence-corrected chi connectivity index (χ1v) is 8.85. The molecular formula is C17H12BrClN4O2. The molecular weight excluding hydrogens is 408 g/mol. The van der Waals surface area contributed by atoms with E-state index < -0.39 is 0 Å². The zero-order valence-corrected chi connectivity index (χ0v) is 15.2. The SMILES string of the molecule is Nc1nc2cc(-c3[nH]c4cc(Br)cc5c4c3NCCO5)cc(Cl)c2o1. The number of oxazole rings is 1. The van der Waals surface area contributed by atoms with Crippen molar-refractivity contribution in [1.29, 1.82) is 0 Å². The second-order valence-electron chi connectivity index (χ2n) is 5.84. The van der Waals surface area contributed by atoms with Gasteiger partial charge in [-0.25, -0.2) is 0 Å². The fourth-order valence-corrected chi connectivity index (χ4v) is 3.95. The van der Waals surface area contributed by atoms with Gasteiger partial charge < -0.3 is 25.2 Å². The molecule has 0 radical (unpaired) electrons. The molecule has 0 saturated heterocycles. The van der Waals surface area contributed by atoms with E-state index in [1.807, 2.05) is 24.3 Å². The predicted octanol–water partition coefficient (Wildman–Crippen LogP) is 4.78. The highest BCUT2D eigenvalue weighted by atomic mass is 79.9. The molecule has 1 aliphatic rings. The van der Waals surface area contributed by atoms with Gasteiger partial charge in [-0.05, 0) is 24.3 Å². The van der Waals surface area contributed by atoms with Crippen LogP contribution >= 0.6 is 27.5 Å². The molecule has 3 heterocycles. The Labute approximate surface area is 155 Å². The topological polar surface area (TPSA) is 89.1 Å². The van der Waals surface area contributed by atoms with E-state index in [1.165, 1.54) is 0 Å². The van der Waals surface area contributed by atoms with Gasteiger partial charge in [0.25, 0.3) is 6.01 Å². The van der Waals surface area contributed by atoms with Crippen LogP contribution in [0, 0.1) is 0 Å². The largest absolute Gasteiger partial charge is 0.491 e. The Hall–Kier alpha value is -2.38. The van der Waals surface area contributed by atoms with Crippen LogP contribution in [0.4, 0.5) is 11.7 Å². The third kappa shape index (κ3) is 2.26. The van der Waals surface area contributed by atoms with Gasteiger partial charge in [0.2, 0.25) is 0 Å². The number of nitrogens with two attached hydrogens (primary N) is 1. The average molecular weight is 420 g/mol. The summed E-state index contributed by atoms with van der Waals surface area (Å²) in [5, 5.41) is 4.93. The summed E-state index contributed by atoms with van der Waals surface area (Å²) in [6, 6.07) is 7.85. The van der Waals surface area contributed by atoms with Gasteiger partial charge in [0.15, 0.2) is 5.58 Å². The minimum atomic E-state index is 0.0987. The Bertz CT molecular complexity index is 1150. The van der Waals surface area contributed by atoms with Crippen molar-refractivity contribution >= 4 is 61.2 Å². The molecule has 2 aromatic heterocycles. The second-order valence-corrected chi connectivity index (χ2v) is 7.16. The predicted molar refractivity (Wildman–Crippen MR) is 102 cm³/mol. The van der Waals surface area contributed by atoms with E-state index in [2.05, 4.69) is 31.2 Å². The molecule has 6 nitrogen and oxygen atoms in total. The lowest BCUT2D eigenvalue weighted by Crippen LogP contribution is -2.08. The lowest BCUT2D eigenvalue weighted by Gasteiger charge is -2.06. The number of hydrogen-bond donors (Lipinski definition) is 3. The van der Waals surface area contributed by atoms with Crippen molar-refractivity contribution in [3.8, 4) is 17.0 Å². The first-order valence-electron chi connectivity index (χ1n) is 7.68. The van der Waals surface area contributed by atoms with Crippen molar-refractivity contribution in [1.82, 2.24) is 9.97 Å². The van der Waals surface area contributed by atoms with E-state index in [1.54, 1.807) is 0 Å². The number of fused-ring (bicyclic) bond motifs is 1. The molecule has 0 bridgehead atoms. The summed E-state index contributed by atoms with van der Waals surface area (Å²) in [6.07, 6.45) is 0. The quantitative estimate of drug-likeness (QED) is 0.413. The van der Waals surface area contributed by atoms with Gasteiger partial charge in [0.1, 0.15) is 17.9 Å². The summed E-state index contributed by atoms with van der Waals surface area (Å²) in [4.78, 5) is 7.65. The third-order valence-corrected chi connectivity index (χ3v) is 4.98. The van der Waals surface area contributed by atoms with Crippen LogP contribution in [0.1, 0.15) is 0 Å². The van der Waals surface area contributed by atoms with Gasteiger partial charge >= 0.3 is 0 Å². The van der Waals surface area contributed by atoms with Crippen molar-refractivity contribution in [2.24, 2.45) is 0 Å². The number of aromatic nitrogens is 2. The monoisotopic (exact) mass is 418 g/mol. The molecule has 0 aliphatic carbocycles. The minimum absolute atomic E-state index is 0.0987. The van der Waals surface area contributed by atoms with Gasteiger partial charge in [-0.2, -0.15) is 4.98 Å². The van der Waals surface area contributed by atoms with Gasteiger partial charge in [-0.3, -0.25) is 0 Å². The van der Waals surface area contributed by atoms with Crippen molar-refractivity contribution in [3.63, 3.8) is 0 Å². The summed E-state index contributed by atoms with van der Waals surface area (Å²) in [7, 11) is 0. The van der Waals surface area contributed by atoms with Crippen molar-refractivity contribution in [2.45, 2.75) is 0 Å². The molecule has 0 saturated carbocycles. The number of H-pyrrole nitrogens is 1. The molecule has 8 heteroatoms. The third-order valence-electron chi connectivity index (χ3n) is 4.24. The minimum Gasteiger partial charge on any atom is -0.491 e. The molecule has 1 aliphatic heterocycles. The number of aromatic amines is 1. The Morgan fingerprint density at radius 1 is 1.24 bits per heavy atom. The fourth-order valence-electron chi connectivity index (χ4n) is 3.26. The molecule has 25 heavy (non-hydrogen) atoms. The Morgan fingerprint density at radius 3 is 3.00 bits per heavy atom. The molecule has 0 spiro atoms. The van der Waals surface area contributed by atoms with E-state index in [-0.39, 0.29) is 6.01 Å². The normalized spacial score (nSPS) is 13.7. The maximum atomic E-state index is 6.37. The Morgan fingerprint density at radius 2 is 2.12 bits per heavy atom. The number of nitrogens with zero attached hydrogens (tertiary/aromatic N) is 1. The molecule has 0 fully saturated rings. The Balaban J connectivity index is 1.82. The van der Waals surface area contributed by atoms with Crippen molar-refractivity contribution in [2.75, 3.05) is 24.2 Å². The average Bonchev–Trinajstić information content (AvgIpc) is 3.03.